The Balaban J connectivity index is 2.74. The Morgan fingerprint density at radius 2 is 2.00 bits per heavy atom. The Kier molecular flexibility index (Phi) is 1.83. The van der Waals surface area contributed by atoms with Crippen molar-refractivity contribution in [3.8, 4) is 0 Å². The summed E-state index contributed by atoms with van der Waals surface area (Å²) in [6, 6.07) is 0. The lowest BCUT2D eigenvalue weighted by molar-refractivity contribution is -0.132. The summed E-state index contributed by atoms with van der Waals surface area (Å²) < 4.78 is 11.5. The highest BCUT2D eigenvalue weighted by Crippen LogP contribution is 2.18. The van der Waals surface area contributed by atoms with Crippen molar-refractivity contribution in [1.82, 2.24) is 0 Å². The fraction of sp³-hybridized carbons (Fsp3) is 1.00. The highest BCUT2D eigenvalue weighted by Gasteiger charge is 2.41. The van der Waals surface area contributed by atoms with Crippen LogP contribution in [-0.2, 0) is 4.74 Å². The first-order valence-corrected chi connectivity index (χ1v) is 2.85. The molecule has 4 N–H and O–H groups in total. The number of hydrogen-bond donors (Lipinski definition) is 4. The van der Waals surface area contributed by atoms with Gasteiger partial charge in [0, 0.05) is 0 Å². The molecule has 1 heterocycles. The van der Waals surface area contributed by atoms with Gasteiger partial charge in [-0.25, -0.2) is 0 Å². The molecule has 0 amide bonds. The van der Waals surface area contributed by atoms with Gasteiger partial charge >= 0.3 is 0 Å². The van der Waals surface area contributed by atoms with Gasteiger partial charge in [0.25, 0.3) is 0 Å². The van der Waals surface area contributed by atoms with Crippen molar-refractivity contribution in [3.63, 3.8) is 0 Å². The van der Waals surface area contributed by atoms with Crippen molar-refractivity contribution in [2.24, 2.45) is 0 Å². The summed E-state index contributed by atoms with van der Waals surface area (Å²) in [5, 5.41) is 35.2. The van der Waals surface area contributed by atoms with E-state index >= 15 is 0 Å². The van der Waals surface area contributed by atoms with Crippen LogP contribution in [0.2, 0.25) is 0 Å². The molecule has 1 saturated heterocycles. The zero-order valence-electron chi connectivity index (χ0n) is 6.14. The van der Waals surface area contributed by atoms with Crippen molar-refractivity contribution in [1.29, 1.82) is 0 Å². The quantitative estimate of drug-likeness (QED) is 0.330. The summed E-state index contributed by atoms with van der Waals surface area (Å²) in [7, 11) is 0. The van der Waals surface area contributed by atoms with Gasteiger partial charge in [-0.05, 0) is 0 Å². The third-order valence-electron chi connectivity index (χ3n) is 1.37. The minimum atomic E-state index is -2.33. The summed E-state index contributed by atoms with van der Waals surface area (Å²) in [6.07, 6.45) is -6.88. The second-order valence-corrected chi connectivity index (χ2v) is 2.07. The molecule has 0 aliphatic carbocycles. The second kappa shape index (κ2) is 2.81. The molecule has 0 radical (unpaired) electrons. The summed E-state index contributed by atoms with van der Waals surface area (Å²) in [4.78, 5) is 0. The van der Waals surface area contributed by atoms with Gasteiger partial charge < -0.3 is 25.2 Å². The van der Waals surface area contributed by atoms with Gasteiger partial charge in [-0.2, -0.15) is 0 Å². The van der Waals surface area contributed by atoms with Crippen LogP contribution in [0.3, 0.4) is 0 Å². The summed E-state index contributed by atoms with van der Waals surface area (Å²) in [5.74, 6) is 0. The molecule has 1 fully saturated rings. The van der Waals surface area contributed by atoms with E-state index in [4.69, 9.17) is 21.8 Å². The third kappa shape index (κ3) is 1.14. The first-order chi connectivity index (χ1) is 5.00. The van der Waals surface area contributed by atoms with E-state index < -0.39 is 31.2 Å². The van der Waals surface area contributed by atoms with Crippen LogP contribution in [0, 0.1) is 0 Å². The molecule has 10 heavy (non-hydrogen) atoms. The van der Waals surface area contributed by atoms with E-state index in [1.807, 2.05) is 0 Å². The van der Waals surface area contributed by atoms with E-state index in [9.17, 15) is 0 Å². The predicted octanol–water partition coefficient (Wildman–Crippen LogP) is -2.58. The van der Waals surface area contributed by atoms with E-state index in [2.05, 4.69) is 4.74 Å². The fourth-order valence-corrected chi connectivity index (χ4v) is 0.786. The molecule has 5 heteroatoms. The largest absolute Gasteiger partial charge is 0.394 e. The molecule has 1 rings (SSSR count). The molecule has 1 aliphatic heterocycles. The third-order valence-corrected chi connectivity index (χ3v) is 1.37. The maximum Gasteiger partial charge on any atom is 0.184 e. The molecule has 0 aromatic heterocycles. The van der Waals surface area contributed by atoms with Crippen LogP contribution in [0.15, 0.2) is 0 Å². The molecule has 0 spiro atoms. The van der Waals surface area contributed by atoms with Gasteiger partial charge in [-0.1, -0.05) is 0 Å². The zero-order chi connectivity index (χ0) is 8.65. The van der Waals surface area contributed by atoms with E-state index in [1.54, 1.807) is 0 Å². The fourth-order valence-electron chi connectivity index (χ4n) is 0.786. The van der Waals surface area contributed by atoms with Crippen molar-refractivity contribution in [2.75, 3.05) is 6.61 Å². The molecular weight excluding hydrogens is 140 g/mol. The Hall–Kier alpha value is -0.200. The predicted molar refractivity (Wildman–Crippen MR) is 30.0 cm³/mol. The zero-order valence-corrected chi connectivity index (χ0v) is 5.14. The normalized spacial score (nSPS) is 56.8. The highest BCUT2D eigenvalue weighted by molar-refractivity contribution is 4.84. The SMILES string of the molecule is [2H][C@@]1(O)C(O)[C@H](O)O[C@@H]1CO. The highest BCUT2D eigenvalue weighted by atomic mass is 16.6. The Bertz CT molecular complexity index is 150. The van der Waals surface area contributed by atoms with Gasteiger partial charge in [-0.3, -0.25) is 0 Å². The molecule has 5 nitrogen and oxygen atoms in total. The summed E-state index contributed by atoms with van der Waals surface area (Å²) in [6.45, 7) is -0.617. The average Bonchev–Trinajstić information content (AvgIpc) is 2.13. The number of hydrogen-bond acceptors (Lipinski definition) is 5. The average molecular weight is 151 g/mol. The van der Waals surface area contributed by atoms with Crippen molar-refractivity contribution in [2.45, 2.75) is 24.6 Å². The first-order valence-electron chi connectivity index (χ1n) is 3.35. The lowest BCUT2D eigenvalue weighted by atomic mass is 10.1. The van der Waals surface area contributed by atoms with E-state index in [1.165, 1.54) is 0 Å². The first kappa shape index (κ1) is 6.51. The maximum atomic E-state index is 9.06. The lowest BCUT2D eigenvalue weighted by Gasteiger charge is -2.09. The monoisotopic (exact) mass is 151 g/mol. The minimum Gasteiger partial charge on any atom is -0.394 e. The molecule has 0 bridgehead atoms. The molecule has 60 valence electrons. The molecule has 4 atom stereocenters. The number of aliphatic hydroxyl groups is 4. The van der Waals surface area contributed by atoms with Crippen LogP contribution in [0.1, 0.15) is 1.37 Å². The van der Waals surface area contributed by atoms with Gasteiger partial charge in [0.1, 0.15) is 18.3 Å². The standard InChI is InChI=1S/C5H10O5/c6-1-2-3(7)4(8)5(9)10-2/h2-9H,1H2/t2-,3+,4?,5-/m1/s1/i3D. The van der Waals surface area contributed by atoms with Crippen molar-refractivity contribution >= 4 is 0 Å². The van der Waals surface area contributed by atoms with Crippen molar-refractivity contribution < 1.29 is 26.5 Å². The van der Waals surface area contributed by atoms with Crippen LogP contribution >= 0.6 is 0 Å². The molecule has 0 saturated carbocycles. The van der Waals surface area contributed by atoms with E-state index in [0.717, 1.165) is 0 Å². The topological polar surface area (TPSA) is 90.2 Å². The molecule has 0 aromatic rings. The van der Waals surface area contributed by atoms with Crippen LogP contribution in [0.4, 0.5) is 0 Å². The number of aliphatic hydroxyl groups excluding tert-OH is 3. The molecule has 1 unspecified atom stereocenters. The van der Waals surface area contributed by atoms with E-state index in [0.29, 0.717) is 0 Å². The van der Waals surface area contributed by atoms with Gasteiger partial charge in [0.2, 0.25) is 0 Å². The Morgan fingerprint density at radius 3 is 2.20 bits per heavy atom. The molecule has 1 aliphatic rings. The number of rotatable bonds is 1. The van der Waals surface area contributed by atoms with Crippen molar-refractivity contribution in [3.05, 3.63) is 0 Å². The Labute approximate surface area is 58.9 Å². The lowest BCUT2D eigenvalue weighted by Crippen LogP contribution is -2.33. The summed E-state index contributed by atoms with van der Waals surface area (Å²) >= 11 is 0. The molecular formula is C5H10O5. The Morgan fingerprint density at radius 1 is 1.40 bits per heavy atom. The van der Waals surface area contributed by atoms with Gasteiger partial charge in [0.05, 0.1) is 7.98 Å². The second-order valence-electron chi connectivity index (χ2n) is 2.07. The smallest absolute Gasteiger partial charge is 0.184 e. The van der Waals surface area contributed by atoms with Gasteiger partial charge in [0.15, 0.2) is 6.29 Å². The van der Waals surface area contributed by atoms with E-state index in [-0.39, 0.29) is 0 Å². The van der Waals surface area contributed by atoms with Crippen LogP contribution in [0.25, 0.3) is 0 Å². The summed E-state index contributed by atoms with van der Waals surface area (Å²) in [5.41, 5.74) is 0. The maximum absolute atomic E-state index is 9.06. The number of ether oxygens (including phenoxy) is 1. The van der Waals surface area contributed by atoms with Crippen LogP contribution in [0.5, 0.6) is 0 Å². The van der Waals surface area contributed by atoms with Gasteiger partial charge in [-0.15, -0.1) is 0 Å². The molecule has 0 aromatic carbocycles. The minimum absolute atomic E-state index is 0.617. The van der Waals surface area contributed by atoms with Crippen LogP contribution < -0.4 is 0 Å². The van der Waals surface area contributed by atoms with Crippen LogP contribution in [-0.4, -0.2) is 51.6 Å².